The maximum absolute atomic E-state index is 12.3. The number of rotatable bonds is 8. The van der Waals surface area contributed by atoms with Crippen LogP contribution in [0.25, 0.3) is 0 Å². The summed E-state index contributed by atoms with van der Waals surface area (Å²) in [6, 6.07) is 4.73. The first-order chi connectivity index (χ1) is 9.82. The lowest BCUT2D eigenvalue weighted by Crippen LogP contribution is -2.34. The van der Waals surface area contributed by atoms with E-state index in [0.29, 0.717) is 6.54 Å². The Kier molecular flexibility index (Phi) is 6.31. The molecule has 0 saturated carbocycles. The maximum atomic E-state index is 12.3. The first-order valence-corrected chi connectivity index (χ1v) is 8.65. The zero-order chi connectivity index (χ0) is 15.9. The van der Waals surface area contributed by atoms with Crippen LogP contribution in [0.2, 0.25) is 0 Å². The third kappa shape index (κ3) is 5.44. The summed E-state index contributed by atoms with van der Waals surface area (Å²) >= 11 is 0. The molecule has 0 aliphatic heterocycles. The quantitative estimate of drug-likeness (QED) is 0.748. The molecule has 1 aromatic rings. The number of pyridine rings is 1. The van der Waals surface area contributed by atoms with E-state index >= 15 is 0 Å². The van der Waals surface area contributed by atoms with Crippen LogP contribution >= 0.6 is 0 Å². The fourth-order valence-electron chi connectivity index (χ4n) is 2.00. The number of hydrogen-bond donors (Lipinski definition) is 1. The second-order valence-corrected chi connectivity index (χ2v) is 7.64. The molecule has 6 heteroatoms. The zero-order valence-electron chi connectivity index (χ0n) is 12.9. The summed E-state index contributed by atoms with van der Waals surface area (Å²) in [5, 5.41) is 8.95. The molecular weight excluding hydrogens is 286 g/mol. The van der Waals surface area contributed by atoms with Crippen LogP contribution in [-0.4, -0.2) is 19.9 Å². The molecule has 0 fully saturated rings. The topological polar surface area (TPSA) is 82.8 Å². The molecular formula is C15H23N3O2S. The van der Waals surface area contributed by atoms with E-state index in [9.17, 15) is 8.42 Å². The molecule has 0 atom stereocenters. The Hall–Kier alpha value is -1.45. The second kappa shape index (κ2) is 7.53. The summed E-state index contributed by atoms with van der Waals surface area (Å²) in [6.07, 6.45) is 5.75. The molecule has 1 heterocycles. The summed E-state index contributed by atoms with van der Waals surface area (Å²) in [6.45, 7) is 6.57. The van der Waals surface area contributed by atoms with Crippen LogP contribution in [-0.2, 0) is 10.0 Å². The average Bonchev–Trinajstić information content (AvgIpc) is 2.45. The zero-order valence-corrected chi connectivity index (χ0v) is 13.7. The molecule has 1 aromatic heterocycles. The fourth-order valence-corrected chi connectivity index (χ4v) is 3.35. The van der Waals surface area contributed by atoms with E-state index in [4.69, 9.17) is 5.26 Å². The highest BCUT2D eigenvalue weighted by molar-refractivity contribution is 7.89. The normalized spacial score (nSPS) is 12.1. The van der Waals surface area contributed by atoms with Gasteiger partial charge in [-0.15, -0.1) is 0 Å². The van der Waals surface area contributed by atoms with Gasteiger partial charge in [0.1, 0.15) is 11.0 Å². The number of aromatic nitrogens is 1. The Labute approximate surface area is 127 Å². The molecule has 0 spiro atoms. The fraction of sp³-hybridized carbons (Fsp3) is 0.600. The van der Waals surface area contributed by atoms with E-state index < -0.39 is 10.0 Å². The molecule has 0 aliphatic carbocycles. The minimum absolute atomic E-state index is 0.0585. The minimum atomic E-state index is -3.70. The van der Waals surface area contributed by atoms with Crippen molar-refractivity contribution in [3.05, 3.63) is 24.0 Å². The molecule has 0 radical (unpaired) electrons. The maximum Gasteiger partial charge on any atom is 0.243 e. The van der Waals surface area contributed by atoms with Gasteiger partial charge in [-0.25, -0.2) is 18.1 Å². The number of hydrogen-bond acceptors (Lipinski definition) is 4. The minimum Gasteiger partial charge on any atom is -0.244 e. The van der Waals surface area contributed by atoms with Crippen molar-refractivity contribution in [2.45, 2.75) is 51.3 Å². The number of nitriles is 1. The molecule has 0 aromatic carbocycles. The van der Waals surface area contributed by atoms with E-state index in [2.05, 4.69) is 16.6 Å². The van der Waals surface area contributed by atoms with Crippen LogP contribution in [0.4, 0.5) is 0 Å². The van der Waals surface area contributed by atoms with Crippen LogP contribution in [0.15, 0.2) is 23.2 Å². The van der Waals surface area contributed by atoms with E-state index in [1.807, 2.05) is 19.9 Å². The Balaban J connectivity index is 2.75. The van der Waals surface area contributed by atoms with Crippen LogP contribution in [0, 0.1) is 16.7 Å². The molecule has 0 saturated heterocycles. The molecule has 0 unspecified atom stereocenters. The SMILES string of the molecule is CCCCCC(C)(C)CNS(=O)(=O)c1cccnc1C#N. The van der Waals surface area contributed by atoms with Gasteiger partial charge in [0, 0.05) is 12.7 Å². The van der Waals surface area contributed by atoms with Gasteiger partial charge in [0.25, 0.3) is 0 Å². The molecule has 0 bridgehead atoms. The monoisotopic (exact) mass is 309 g/mol. The van der Waals surface area contributed by atoms with Gasteiger partial charge < -0.3 is 0 Å². The largest absolute Gasteiger partial charge is 0.244 e. The van der Waals surface area contributed by atoms with Crippen molar-refractivity contribution in [3.8, 4) is 6.07 Å². The third-order valence-electron chi connectivity index (χ3n) is 3.36. The van der Waals surface area contributed by atoms with Gasteiger partial charge >= 0.3 is 0 Å². The molecule has 0 aliphatic rings. The number of unbranched alkanes of at least 4 members (excludes halogenated alkanes) is 2. The van der Waals surface area contributed by atoms with Crippen molar-refractivity contribution in [1.82, 2.24) is 9.71 Å². The lowest BCUT2D eigenvalue weighted by atomic mass is 9.87. The van der Waals surface area contributed by atoms with E-state index in [1.165, 1.54) is 18.3 Å². The van der Waals surface area contributed by atoms with E-state index in [-0.39, 0.29) is 16.0 Å². The number of sulfonamides is 1. The average molecular weight is 309 g/mol. The van der Waals surface area contributed by atoms with Crippen molar-refractivity contribution in [1.29, 1.82) is 5.26 Å². The van der Waals surface area contributed by atoms with Gasteiger partial charge in [-0.2, -0.15) is 5.26 Å². The van der Waals surface area contributed by atoms with Crippen molar-refractivity contribution in [2.75, 3.05) is 6.54 Å². The van der Waals surface area contributed by atoms with Gasteiger partial charge in [-0.1, -0.05) is 40.0 Å². The van der Waals surface area contributed by atoms with E-state index in [0.717, 1.165) is 25.7 Å². The van der Waals surface area contributed by atoms with Crippen molar-refractivity contribution in [3.63, 3.8) is 0 Å². The van der Waals surface area contributed by atoms with Gasteiger partial charge in [0.05, 0.1) is 0 Å². The second-order valence-electron chi connectivity index (χ2n) is 5.91. The van der Waals surface area contributed by atoms with Crippen LogP contribution in [0.5, 0.6) is 0 Å². The summed E-state index contributed by atoms with van der Waals surface area (Å²) in [5.74, 6) is 0. The molecule has 1 rings (SSSR count). The predicted octanol–water partition coefficient (Wildman–Crippen LogP) is 2.84. The molecule has 116 valence electrons. The van der Waals surface area contributed by atoms with Crippen LogP contribution in [0.1, 0.15) is 52.1 Å². The highest BCUT2D eigenvalue weighted by atomic mass is 32.2. The Morgan fingerprint density at radius 1 is 1.38 bits per heavy atom. The highest BCUT2D eigenvalue weighted by Crippen LogP contribution is 2.23. The summed E-state index contributed by atoms with van der Waals surface area (Å²) < 4.78 is 27.2. The Bertz CT molecular complexity index is 604. The smallest absolute Gasteiger partial charge is 0.243 e. The van der Waals surface area contributed by atoms with Gasteiger partial charge in [-0.05, 0) is 24.0 Å². The molecule has 21 heavy (non-hydrogen) atoms. The lowest BCUT2D eigenvalue weighted by molar-refractivity contribution is 0.320. The third-order valence-corrected chi connectivity index (χ3v) is 4.80. The summed E-state index contributed by atoms with van der Waals surface area (Å²) in [7, 11) is -3.70. The van der Waals surface area contributed by atoms with Crippen molar-refractivity contribution >= 4 is 10.0 Å². The number of nitrogens with zero attached hydrogens (tertiary/aromatic N) is 2. The Morgan fingerprint density at radius 2 is 2.10 bits per heavy atom. The van der Waals surface area contributed by atoms with Crippen LogP contribution in [0.3, 0.4) is 0 Å². The first kappa shape index (κ1) is 17.6. The summed E-state index contributed by atoms with van der Waals surface area (Å²) in [4.78, 5) is 3.73. The van der Waals surface area contributed by atoms with Gasteiger partial charge in [0.2, 0.25) is 10.0 Å². The first-order valence-electron chi connectivity index (χ1n) is 7.17. The standard InChI is InChI=1S/C15H23N3O2S/c1-4-5-6-9-15(2,3)12-18-21(19,20)14-8-7-10-17-13(14)11-16/h7-8,10,18H,4-6,9,12H2,1-3H3. The molecule has 5 nitrogen and oxygen atoms in total. The number of nitrogens with one attached hydrogen (secondary N) is 1. The summed E-state index contributed by atoms with van der Waals surface area (Å²) in [5.41, 5.74) is -0.189. The highest BCUT2D eigenvalue weighted by Gasteiger charge is 2.24. The van der Waals surface area contributed by atoms with Crippen LogP contribution < -0.4 is 4.72 Å². The van der Waals surface area contributed by atoms with Gasteiger partial charge in [0.15, 0.2) is 5.69 Å². The lowest BCUT2D eigenvalue weighted by Gasteiger charge is -2.24. The van der Waals surface area contributed by atoms with E-state index in [1.54, 1.807) is 0 Å². The van der Waals surface area contributed by atoms with Crippen molar-refractivity contribution in [2.24, 2.45) is 5.41 Å². The molecule has 1 N–H and O–H groups in total. The van der Waals surface area contributed by atoms with Gasteiger partial charge in [-0.3, -0.25) is 0 Å². The predicted molar refractivity (Wildman–Crippen MR) is 82.1 cm³/mol. The molecule has 0 amide bonds. The van der Waals surface area contributed by atoms with Crippen molar-refractivity contribution < 1.29 is 8.42 Å². The Morgan fingerprint density at radius 3 is 2.71 bits per heavy atom.